The van der Waals surface area contributed by atoms with Crippen LogP contribution in [0.15, 0.2) is 30.3 Å². The monoisotopic (exact) mass is 252 g/mol. The van der Waals surface area contributed by atoms with E-state index in [4.69, 9.17) is 20.7 Å². The molecule has 7 heteroatoms. The van der Waals surface area contributed by atoms with Crippen molar-refractivity contribution in [3.05, 3.63) is 35.9 Å². The Kier molecular flexibility index (Phi) is 5.46. The molecule has 0 aliphatic rings. The second-order valence-electron chi connectivity index (χ2n) is 3.27. The van der Waals surface area contributed by atoms with Crippen LogP contribution in [0.3, 0.4) is 0 Å². The number of guanidine groups is 1. The summed E-state index contributed by atoms with van der Waals surface area (Å²) in [4.78, 5) is 16.3. The van der Waals surface area contributed by atoms with Crippen molar-refractivity contribution in [1.82, 2.24) is 10.6 Å². The van der Waals surface area contributed by atoms with Gasteiger partial charge in [-0.2, -0.15) is 0 Å². The van der Waals surface area contributed by atoms with E-state index in [9.17, 15) is 4.79 Å². The molecule has 98 valence electrons. The molecule has 0 atom stereocenters. The number of hydrazine groups is 1. The molecule has 4 N–H and O–H groups in total. The molecule has 0 radical (unpaired) electrons. The molecule has 1 aromatic rings. The average Bonchev–Trinajstić information content (AvgIpc) is 2.37. The van der Waals surface area contributed by atoms with Crippen LogP contribution < -0.4 is 11.2 Å². The quantitative estimate of drug-likeness (QED) is 0.421. The number of nitrogens with one attached hydrogen (secondary N) is 2. The van der Waals surface area contributed by atoms with Gasteiger partial charge in [-0.25, -0.2) is 10.2 Å². The highest BCUT2D eigenvalue weighted by Crippen LogP contribution is 2.00. The third-order valence-corrected chi connectivity index (χ3v) is 1.88. The van der Waals surface area contributed by atoms with Crippen LogP contribution in [0, 0.1) is 5.41 Å². The first-order valence-electron chi connectivity index (χ1n) is 5.38. The van der Waals surface area contributed by atoms with Gasteiger partial charge in [0.1, 0.15) is 6.61 Å². The highest BCUT2D eigenvalue weighted by Gasteiger charge is 2.11. The lowest BCUT2D eigenvalue weighted by Crippen LogP contribution is -2.49. The molecule has 0 fully saturated rings. The second kappa shape index (κ2) is 7.13. The number of carbonyl (C=O) groups is 1. The van der Waals surface area contributed by atoms with Gasteiger partial charge in [-0.05, 0) is 12.5 Å². The Labute approximate surface area is 105 Å². The van der Waals surface area contributed by atoms with E-state index in [2.05, 4.69) is 5.43 Å². The summed E-state index contributed by atoms with van der Waals surface area (Å²) in [6.07, 6.45) is -0.748. The van der Waals surface area contributed by atoms with Crippen LogP contribution in [-0.4, -0.2) is 23.8 Å². The van der Waals surface area contributed by atoms with Crippen molar-refractivity contribution in [2.45, 2.75) is 13.5 Å². The predicted octanol–water partition coefficient (Wildman–Crippen LogP) is 0.975. The molecule has 0 aromatic heterocycles. The molecular formula is C11H16N4O3. The van der Waals surface area contributed by atoms with Crippen LogP contribution in [0.25, 0.3) is 0 Å². The number of benzene rings is 1. The Bertz CT molecular complexity index is 397. The highest BCUT2D eigenvalue weighted by atomic mass is 16.7. The van der Waals surface area contributed by atoms with Gasteiger partial charge in [-0.15, -0.1) is 5.17 Å². The lowest BCUT2D eigenvalue weighted by molar-refractivity contribution is -0.127. The standard InChI is InChI=1S/C11H16N4O3/c1-2-18-15(10(12)13)14-11(16)17-8-9-6-4-3-5-7-9/h3-7H,2,8H2,1H3,(H3,12,13)(H,14,16). The maximum atomic E-state index is 11.4. The summed E-state index contributed by atoms with van der Waals surface area (Å²) in [5.74, 6) is -0.437. The summed E-state index contributed by atoms with van der Waals surface area (Å²) >= 11 is 0. The van der Waals surface area contributed by atoms with Crippen LogP contribution in [-0.2, 0) is 16.2 Å². The van der Waals surface area contributed by atoms with Crippen molar-refractivity contribution >= 4 is 12.1 Å². The van der Waals surface area contributed by atoms with E-state index in [1.807, 2.05) is 30.3 Å². The molecule has 0 aliphatic carbocycles. The number of ether oxygens (including phenoxy) is 1. The Morgan fingerprint density at radius 2 is 2.11 bits per heavy atom. The molecule has 0 aliphatic heterocycles. The summed E-state index contributed by atoms with van der Waals surface area (Å²) in [5, 5.41) is 7.90. The van der Waals surface area contributed by atoms with Crippen LogP contribution in [0.2, 0.25) is 0 Å². The molecular weight excluding hydrogens is 236 g/mol. The maximum Gasteiger partial charge on any atom is 0.428 e. The largest absolute Gasteiger partial charge is 0.443 e. The summed E-state index contributed by atoms with van der Waals surface area (Å²) < 4.78 is 4.93. The van der Waals surface area contributed by atoms with Gasteiger partial charge in [0.25, 0.3) is 0 Å². The fourth-order valence-corrected chi connectivity index (χ4v) is 1.13. The Balaban J connectivity index is 2.39. The summed E-state index contributed by atoms with van der Waals surface area (Å²) in [5.41, 5.74) is 8.24. The van der Waals surface area contributed by atoms with Crippen molar-refractivity contribution in [1.29, 1.82) is 5.41 Å². The number of rotatable bonds is 4. The van der Waals surface area contributed by atoms with Crippen molar-refractivity contribution in [3.63, 3.8) is 0 Å². The molecule has 7 nitrogen and oxygen atoms in total. The predicted molar refractivity (Wildman–Crippen MR) is 65.1 cm³/mol. The molecule has 1 amide bonds. The average molecular weight is 252 g/mol. The maximum absolute atomic E-state index is 11.4. The second-order valence-corrected chi connectivity index (χ2v) is 3.27. The third kappa shape index (κ3) is 4.71. The van der Waals surface area contributed by atoms with Crippen molar-refractivity contribution in [2.75, 3.05) is 6.61 Å². The molecule has 0 saturated heterocycles. The van der Waals surface area contributed by atoms with Crippen molar-refractivity contribution < 1.29 is 14.4 Å². The first-order chi connectivity index (χ1) is 8.63. The number of hydroxylamine groups is 1. The van der Waals surface area contributed by atoms with E-state index in [-0.39, 0.29) is 13.2 Å². The first-order valence-corrected chi connectivity index (χ1v) is 5.38. The van der Waals surface area contributed by atoms with Crippen molar-refractivity contribution in [2.24, 2.45) is 5.73 Å². The van der Waals surface area contributed by atoms with Gasteiger partial charge in [0, 0.05) is 0 Å². The molecule has 18 heavy (non-hydrogen) atoms. The Morgan fingerprint density at radius 3 is 2.67 bits per heavy atom. The number of hydrogen-bond acceptors (Lipinski definition) is 4. The lowest BCUT2D eigenvalue weighted by Gasteiger charge is -2.20. The Morgan fingerprint density at radius 1 is 1.44 bits per heavy atom. The van der Waals surface area contributed by atoms with Gasteiger partial charge < -0.3 is 10.5 Å². The van der Waals surface area contributed by atoms with E-state index in [0.717, 1.165) is 10.7 Å². The van der Waals surface area contributed by atoms with E-state index >= 15 is 0 Å². The number of hydrogen-bond donors (Lipinski definition) is 3. The molecule has 0 saturated carbocycles. The summed E-state index contributed by atoms with van der Waals surface area (Å²) in [6.45, 7) is 2.09. The Hall–Kier alpha value is -2.28. The van der Waals surface area contributed by atoms with E-state index in [1.54, 1.807) is 6.92 Å². The number of nitrogens with zero attached hydrogens (tertiary/aromatic N) is 1. The van der Waals surface area contributed by atoms with E-state index in [1.165, 1.54) is 0 Å². The lowest BCUT2D eigenvalue weighted by atomic mass is 10.2. The number of amides is 1. The molecule has 0 heterocycles. The minimum Gasteiger partial charge on any atom is -0.443 e. The molecule has 1 aromatic carbocycles. The zero-order valence-electron chi connectivity index (χ0n) is 10.1. The van der Waals surface area contributed by atoms with Gasteiger partial charge in [0.2, 0.25) is 5.96 Å². The minimum absolute atomic E-state index is 0.130. The minimum atomic E-state index is -0.748. The number of nitrogens with two attached hydrogens (primary N) is 1. The van der Waals surface area contributed by atoms with E-state index < -0.39 is 12.1 Å². The van der Waals surface area contributed by atoms with Crippen molar-refractivity contribution in [3.8, 4) is 0 Å². The topological polar surface area (TPSA) is 101 Å². The zero-order chi connectivity index (χ0) is 13.4. The number of carbonyl (C=O) groups excluding carboxylic acids is 1. The summed E-state index contributed by atoms with van der Waals surface area (Å²) in [6, 6.07) is 9.23. The van der Waals surface area contributed by atoms with E-state index in [0.29, 0.717) is 0 Å². The SMILES string of the molecule is CCON(NC(=O)OCc1ccccc1)C(=N)N. The van der Waals surface area contributed by atoms with Gasteiger partial charge in [0.15, 0.2) is 0 Å². The first kappa shape index (κ1) is 13.8. The molecule has 0 unspecified atom stereocenters. The van der Waals surface area contributed by atoms with Crippen LogP contribution in [0.1, 0.15) is 12.5 Å². The normalized spacial score (nSPS) is 9.61. The van der Waals surface area contributed by atoms with Gasteiger partial charge in [0.05, 0.1) is 6.61 Å². The summed E-state index contributed by atoms with van der Waals surface area (Å²) in [7, 11) is 0. The van der Waals surface area contributed by atoms with Gasteiger partial charge in [-0.3, -0.25) is 10.2 Å². The smallest absolute Gasteiger partial charge is 0.428 e. The van der Waals surface area contributed by atoms with Crippen LogP contribution >= 0.6 is 0 Å². The van der Waals surface area contributed by atoms with Gasteiger partial charge >= 0.3 is 6.09 Å². The molecule has 0 bridgehead atoms. The highest BCUT2D eigenvalue weighted by molar-refractivity contribution is 5.77. The third-order valence-electron chi connectivity index (χ3n) is 1.88. The van der Waals surface area contributed by atoms with Gasteiger partial charge in [-0.1, -0.05) is 30.3 Å². The fraction of sp³-hybridized carbons (Fsp3) is 0.273. The van der Waals surface area contributed by atoms with Crippen LogP contribution in [0.4, 0.5) is 4.79 Å². The van der Waals surface area contributed by atoms with Crippen LogP contribution in [0.5, 0.6) is 0 Å². The zero-order valence-corrected chi connectivity index (χ0v) is 10.1. The fourth-order valence-electron chi connectivity index (χ4n) is 1.13. The molecule has 0 spiro atoms. The molecule has 1 rings (SSSR count).